The number of halogens is 1. The van der Waals surface area contributed by atoms with Gasteiger partial charge in [0.05, 0.1) is 0 Å². The van der Waals surface area contributed by atoms with Crippen molar-refractivity contribution in [2.24, 2.45) is 0 Å². The first-order valence-electron chi connectivity index (χ1n) is 6.24. The van der Waals surface area contributed by atoms with Crippen LogP contribution in [0.4, 0.5) is 4.32 Å². The average molecular weight is 255 g/mol. The van der Waals surface area contributed by atoms with Gasteiger partial charge in [-0.2, -0.15) is 0 Å². The molecule has 0 saturated carbocycles. The second-order valence-electron chi connectivity index (χ2n) is 3.93. The summed E-state index contributed by atoms with van der Waals surface area (Å²) in [5, 5.41) is 1.84. The first-order valence-corrected chi connectivity index (χ1v) is 6.24. The van der Waals surface area contributed by atoms with E-state index in [4.69, 9.17) is 0 Å². The summed E-state index contributed by atoms with van der Waals surface area (Å²) >= 11 is 0. The van der Waals surface area contributed by atoms with E-state index in [0.29, 0.717) is 0 Å². The Balaban J connectivity index is 3.83. The van der Waals surface area contributed by atoms with Gasteiger partial charge in [0.15, 0.2) is 0 Å². The molecule has 0 aliphatic heterocycles. The molecule has 1 aromatic heterocycles. The molecule has 0 aliphatic rings. The third-order valence-electron chi connectivity index (χ3n) is 2.87. The summed E-state index contributed by atoms with van der Waals surface area (Å²) in [5.41, 5.74) is 1.75. The highest BCUT2D eigenvalue weighted by Gasteiger charge is 2.10. The van der Waals surface area contributed by atoms with Gasteiger partial charge < -0.3 is 8.79 Å². The van der Waals surface area contributed by atoms with Gasteiger partial charge in [-0.25, -0.2) is 0 Å². The summed E-state index contributed by atoms with van der Waals surface area (Å²) in [6, 6.07) is 0. The summed E-state index contributed by atoms with van der Waals surface area (Å²) in [5.74, 6) is 0. The van der Waals surface area contributed by atoms with Gasteiger partial charge in [-0.15, -0.1) is 0 Å². The van der Waals surface area contributed by atoms with Crippen molar-refractivity contribution in [3.05, 3.63) is 59.3 Å². The third-order valence-corrected chi connectivity index (χ3v) is 2.87. The van der Waals surface area contributed by atoms with E-state index in [1.165, 1.54) is 0 Å². The van der Waals surface area contributed by atoms with E-state index in [2.05, 4.69) is 13.2 Å². The molecular weight excluding hydrogens is 236 g/mol. The molecule has 0 aromatic carbocycles. The van der Waals surface area contributed by atoms with E-state index in [9.17, 15) is 4.32 Å². The maximum absolute atomic E-state index is 13.4. The van der Waals surface area contributed by atoms with Crippen LogP contribution in [0.2, 0.25) is 0 Å². The molecule has 0 amide bonds. The second-order valence-corrected chi connectivity index (χ2v) is 3.93. The molecule has 98 valence electrons. The fraction of sp³-hybridized carbons (Fsp3) is 0.125. The number of hydrogen-bond donors (Lipinski definition) is 0. The summed E-state index contributed by atoms with van der Waals surface area (Å²) in [6.07, 6.45) is 14.8. The Kier molecular flexibility index (Phi) is 5.87. The van der Waals surface area contributed by atoms with Crippen LogP contribution < -0.4 is 10.6 Å². The quantitative estimate of drug-likeness (QED) is 0.563. The highest BCUT2D eigenvalue weighted by Crippen LogP contribution is 2.07. The lowest BCUT2D eigenvalue weighted by Gasteiger charge is -2.00. The molecule has 0 aliphatic carbocycles. The van der Waals surface area contributed by atoms with Crippen molar-refractivity contribution in [2.45, 2.75) is 13.8 Å². The monoisotopic (exact) mass is 255 g/mol. The third kappa shape index (κ3) is 3.05. The first kappa shape index (κ1) is 15.0. The zero-order valence-corrected chi connectivity index (χ0v) is 11.6. The van der Waals surface area contributed by atoms with E-state index in [-0.39, 0.29) is 0 Å². The standard InChI is InChI=1S/C16H19BFN/c1-5-9-11-15-13(7-3)14(8-4)16(12-10-6-2)19(15)17-18/h5-12,17H,1,3H2,2,4H3/b10-6-,11-9-,14-8-,16-12+. The highest BCUT2D eigenvalue weighted by atomic mass is 19.1. The summed E-state index contributed by atoms with van der Waals surface area (Å²) < 4.78 is 15.0. The molecule has 0 bridgehead atoms. The average Bonchev–Trinajstić information content (AvgIpc) is 2.74. The maximum atomic E-state index is 13.4. The Morgan fingerprint density at radius 2 is 1.95 bits per heavy atom. The predicted octanol–water partition coefficient (Wildman–Crippen LogP) is 2.57. The van der Waals surface area contributed by atoms with Gasteiger partial charge in [-0.1, -0.05) is 49.6 Å². The molecule has 1 rings (SSSR count). The van der Waals surface area contributed by atoms with Crippen molar-refractivity contribution in [1.82, 2.24) is 4.48 Å². The van der Waals surface area contributed by atoms with Gasteiger partial charge in [0.25, 0.3) is 0 Å². The van der Waals surface area contributed by atoms with Crippen LogP contribution in [0, 0.1) is 0 Å². The van der Waals surface area contributed by atoms with Crippen LogP contribution >= 0.6 is 0 Å². The molecule has 0 radical (unpaired) electrons. The van der Waals surface area contributed by atoms with Crippen LogP contribution in [0.15, 0.2) is 37.5 Å². The van der Waals surface area contributed by atoms with Gasteiger partial charge in [0.2, 0.25) is 0 Å². The number of allylic oxidation sites excluding steroid dienone is 4. The van der Waals surface area contributed by atoms with Crippen LogP contribution in [-0.4, -0.2) is 12.2 Å². The summed E-state index contributed by atoms with van der Waals surface area (Å²) in [7, 11) is -0.575. The van der Waals surface area contributed by atoms with Crippen molar-refractivity contribution < 1.29 is 4.32 Å². The van der Waals surface area contributed by atoms with E-state index in [1.807, 2.05) is 44.2 Å². The fourth-order valence-corrected chi connectivity index (χ4v) is 2.05. The molecular formula is C16H19BFN. The molecule has 0 spiro atoms. The SMILES string of the molecule is C=C/C=C\c1c(C=C)c(=C/C)/c(=C\C=C/C)n1BF. The summed E-state index contributed by atoms with van der Waals surface area (Å²) in [6.45, 7) is 11.3. The van der Waals surface area contributed by atoms with Crippen molar-refractivity contribution in [3.8, 4) is 0 Å². The Bertz CT molecular complexity index is 633. The summed E-state index contributed by atoms with van der Waals surface area (Å²) in [4.78, 5) is 0. The zero-order chi connectivity index (χ0) is 14.3. The molecule has 1 heterocycles. The fourth-order valence-electron chi connectivity index (χ4n) is 2.05. The normalized spacial score (nSPS) is 13.6. The smallest absolute Gasteiger partial charge is 0.358 e. The minimum absolute atomic E-state index is 0.575. The molecule has 0 saturated heterocycles. The van der Waals surface area contributed by atoms with Gasteiger partial charge in [-0.05, 0) is 26.0 Å². The van der Waals surface area contributed by atoms with Gasteiger partial charge in [0.1, 0.15) is 0 Å². The first-order chi connectivity index (χ1) is 9.24. The van der Waals surface area contributed by atoms with Crippen molar-refractivity contribution in [3.63, 3.8) is 0 Å². The molecule has 1 aromatic rings. The number of nitrogens with zero attached hydrogens (tertiary/aromatic N) is 1. The Morgan fingerprint density at radius 3 is 2.42 bits per heavy atom. The second kappa shape index (κ2) is 7.42. The molecule has 0 atom stereocenters. The van der Waals surface area contributed by atoms with Crippen molar-refractivity contribution in [2.75, 3.05) is 0 Å². The topological polar surface area (TPSA) is 4.93 Å². The lowest BCUT2D eigenvalue weighted by atomic mass is 10.1. The van der Waals surface area contributed by atoms with Crippen LogP contribution in [0.5, 0.6) is 0 Å². The van der Waals surface area contributed by atoms with Gasteiger partial charge in [0, 0.05) is 21.8 Å². The number of rotatable bonds is 5. The van der Waals surface area contributed by atoms with Gasteiger partial charge in [-0.3, -0.25) is 0 Å². The number of aromatic nitrogens is 1. The Hall–Kier alpha value is -2.03. The lowest BCUT2D eigenvalue weighted by Crippen LogP contribution is -2.31. The molecule has 3 heteroatoms. The van der Waals surface area contributed by atoms with Crippen LogP contribution in [0.25, 0.3) is 24.3 Å². The predicted molar refractivity (Wildman–Crippen MR) is 86.1 cm³/mol. The number of hydrogen-bond acceptors (Lipinski definition) is 0. The largest absolute Gasteiger partial charge is 0.448 e. The van der Waals surface area contributed by atoms with E-state index < -0.39 is 7.69 Å². The van der Waals surface area contributed by atoms with E-state index in [1.54, 1.807) is 22.7 Å². The van der Waals surface area contributed by atoms with Crippen LogP contribution in [0.1, 0.15) is 25.1 Å². The van der Waals surface area contributed by atoms with E-state index >= 15 is 0 Å². The lowest BCUT2D eigenvalue weighted by molar-refractivity contribution is 0.826. The molecule has 0 unspecified atom stereocenters. The Labute approximate surface area is 114 Å². The van der Waals surface area contributed by atoms with Gasteiger partial charge >= 0.3 is 7.69 Å². The van der Waals surface area contributed by atoms with E-state index in [0.717, 1.165) is 21.8 Å². The molecule has 1 nitrogen and oxygen atoms in total. The molecule has 0 N–H and O–H groups in total. The Morgan fingerprint density at radius 1 is 1.21 bits per heavy atom. The molecule has 0 fully saturated rings. The van der Waals surface area contributed by atoms with Crippen LogP contribution in [0.3, 0.4) is 0 Å². The van der Waals surface area contributed by atoms with Crippen LogP contribution in [-0.2, 0) is 0 Å². The maximum Gasteiger partial charge on any atom is 0.448 e. The minimum Gasteiger partial charge on any atom is -0.358 e. The highest BCUT2D eigenvalue weighted by molar-refractivity contribution is 6.25. The zero-order valence-electron chi connectivity index (χ0n) is 11.6. The van der Waals surface area contributed by atoms with Crippen molar-refractivity contribution in [1.29, 1.82) is 0 Å². The van der Waals surface area contributed by atoms with Crippen molar-refractivity contribution >= 4 is 32.0 Å². The molecule has 19 heavy (non-hydrogen) atoms. The minimum atomic E-state index is -0.575.